The van der Waals surface area contributed by atoms with Crippen LogP contribution in [0.4, 0.5) is 0 Å². The fraction of sp³-hybridized carbons (Fsp3) is 0.222. The number of nitrogens with one attached hydrogen (secondary N) is 2. The average molecular weight is 312 g/mol. The normalized spacial score (nSPS) is 11.3. The maximum Gasteiger partial charge on any atom is 0.258 e. The zero-order valence-corrected chi connectivity index (χ0v) is 13.0. The SMILES string of the molecule is CC(NC(=O)CNC(=O)COc1ccccc1)c1ccccc1. The van der Waals surface area contributed by atoms with Gasteiger partial charge in [0.15, 0.2) is 6.61 Å². The van der Waals surface area contributed by atoms with Crippen LogP contribution < -0.4 is 15.4 Å². The van der Waals surface area contributed by atoms with Crippen molar-refractivity contribution in [3.8, 4) is 5.75 Å². The molecule has 0 aliphatic rings. The maximum absolute atomic E-state index is 11.8. The summed E-state index contributed by atoms with van der Waals surface area (Å²) in [7, 11) is 0. The van der Waals surface area contributed by atoms with Crippen LogP contribution in [0.5, 0.6) is 5.75 Å². The highest BCUT2D eigenvalue weighted by Gasteiger charge is 2.10. The summed E-state index contributed by atoms with van der Waals surface area (Å²) in [5.74, 6) is 0.0376. The Balaban J connectivity index is 1.68. The second-order valence-corrected chi connectivity index (χ2v) is 5.08. The monoisotopic (exact) mass is 312 g/mol. The van der Waals surface area contributed by atoms with E-state index >= 15 is 0 Å². The highest BCUT2D eigenvalue weighted by atomic mass is 16.5. The van der Waals surface area contributed by atoms with E-state index in [1.807, 2.05) is 55.5 Å². The van der Waals surface area contributed by atoms with Crippen LogP contribution in [-0.4, -0.2) is 25.0 Å². The molecule has 2 amide bonds. The first-order valence-electron chi connectivity index (χ1n) is 7.44. The van der Waals surface area contributed by atoms with Gasteiger partial charge < -0.3 is 15.4 Å². The Morgan fingerprint density at radius 3 is 2.22 bits per heavy atom. The molecule has 0 fully saturated rings. The van der Waals surface area contributed by atoms with E-state index < -0.39 is 0 Å². The number of amides is 2. The molecule has 23 heavy (non-hydrogen) atoms. The number of rotatable bonds is 7. The molecule has 0 saturated carbocycles. The molecule has 1 unspecified atom stereocenters. The molecular weight excluding hydrogens is 292 g/mol. The first kappa shape index (κ1) is 16.5. The minimum atomic E-state index is -0.337. The quantitative estimate of drug-likeness (QED) is 0.822. The highest BCUT2D eigenvalue weighted by Crippen LogP contribution is 2.10. The molecule has 0 bridgehead atoms. The molecule has 0 aliphatic heterocycles. The lowest BCUT2D eigenvalue weighted by Gasteiger charge is -2.14. The van der Waals surface area contributed by atoms with E-state index in [2.05, 4.69) is 10.6 Å². The third-order valence-corrected chi connectivity index (χ3v) is 3.24. The Kier molecular flexibility index (Phi) is 6.17. The van der Waals surface area contributed by atoms with Gasteiger partial charge in [0.25, 0.3) is 5.91 Å². The van der Waals surface area contributed by atoms with Crippen molar-refractivity contribution < 1.29 is 14.3 Å². The van der Waals surface area contributed by atoms with Gasteiger partial charge in [-0.05, 0) is 24.6 Å². The Labute approximate surface area is 135 Å². The predicted molar refractivity (Wildman–Crippen MR) is 87.9 cm³/mol. The largest absolute Gasteiger partial charge is 0.484 e. The molecule has 0 aliphatic carbocycles. The Morgan fingerprint density at radius 1 is 0.957 bits per heavy atom. The molecule has 0 heterocycles. The number of hydrogen-bond donors (Lipinski definition) is 2. The minimum absolute atomic E-state index is 0.0752. The molecule has 2 rings (SSSR count). The fourth-order valence-electron chi connectivity index (χ4n) is 2.01. The number of carbonyl (C=O) groups excluding carboxylic acids is 2. The molecule has 5 heteroatoms. The first-order valence-corrected chi connectivity index (χ1v) is 7.44. The Bertz CT molecular complexity index is 629. The summed E-state index contributed by atoms with van der Waals surface area (Å²) < 4.78 is 5.31. The molecule has 5 nitrogen and oxygen atoms in total. The van der Waals surface area contributed by atoms with Gasteiger partial charge in [0, 0.05) is 0 Å². The van der Waals surface area contributed by atoms with Crippen LogP contribution in [-0.2, 0) is 9.59 Å². The lowest BCUT2D eigenvalue weighted by atomic mass is 10.1. The minimum Gasteiger partial charge on any atom is -0.484 e. The third-order valence-electron chi connectivity index (χ3n) is 3.24. The fourth-order valence-corrected chi connectivity index (χ4v) is 2.01. The van der Waals surface area contributed by atoms with Gasteiger partial charge in [0.05, 0.1) is 12.6 Å². The summed E-state index contributed by atoms with van der Waals surface area (Å²) in [5.41, 5.74) is 1.01. The molecule has 1 atom stereocenters. The molecule has 2 aromatic rings. The summed E-state index contributed by atoms with van der Waals surface area (Å²) in [6.07, 6.45) is 0. The Morgan fingerprint density at radius 2 is 1.57 bits per heavy atom. The van der Waals surface area contributed by atoms with Crippen molar-refractivity contribution in [3.63, 3.8) is 0 Å². The van der Waals surface area contributed by atoms with Crippen LogP contribution >= 0.6 is 0 Å². The highest BCUT2D eigenvalue weighted by molar-refractivity contribution is 5.85. The van der Waals surface area contributed by atoms with Gasteiger partial charge in [0.1, 0.15) is 5.75 Å². The van der Waals surface area contributed by atoms with Crippen molar-refractivity contribution in [2.75, 3.05) is 13.2 Å². The standard InChI is InChI=1S/C18H20N2O3/c1-14(15-8-4-2-5-9-15)20-17(21)12-19-18(22)13-23-16-10-6-3-7-11-16/h2-11,14H,12-13H2,1H3,(H,19,22)(H,20,21). The van der Waals surface area contributed by atoms with Gasteiger partial charge in [-0.15, -0.1) is 0 Å². The molecule has 0 saturated heterocycles. The van der Waals surface area contributed by atoms with Crippen molar-refractivity contribution >= 4 is 11.8 Å². The van der Waals surface area contributed by atoms with E-state index in [1.54, 1.807) is 12.1 Å². The van der Waals surface area contributed by atoms with Gasteiger partial charge in [-0.25, -0.2) is 0 Å². The second-order valence-electron chi connectivity index (χ2n) is 5.08. The molecule has 0 radical (unpaired) electrons. The maximum atomic E-state index is 11.8. The van der Waals surface area contributed by atoms with E-state index in [4.69, 9.17) is 4.74 Å². The van der Waals surface area contributed by atoms with Crippen LogP contribution in [0.1, 0.15) is 18.5 Å². The molecule has 0 aromatic heterocycles. The number of benzene rings is 2. The first-order chi connectivity index (χ1) is 11.1. The molecule has 2 aromatic carbocycles. The van der Waals surface area contributed by atoms with Crippen molar-refractivity contribution in [3.05, 3.63) is 66.2 Å². The molecule has 2 N–H and O–H groups in total. The van der Waals surface area contributed by atoms with Crippen molar-refractivity contribution in [2.24, 2.45) is 0 Å². The summed E-state index contributed by atoms with van der Waals surface area (Å²) in [5, 5.41) is 5.36. The van der Waals surface area contributed by atoms with Gasteiger partial charge in [-0.3, -0.25) is 9.59 Å². The summed E-state index contributed by atoms with van der Waals surface area (Å²) in [6.45, 7) is 1.70. The van der Waals surface area contributed by atoms with Crippen LogP contribution in [0.3, 0.4) is 0 Å². The lowest BCUT2D eigenvalue weighted by molar-refractivity contribution is -0.127. The van der Waals surface area contributed by atoms with Crippen LogP contribution in [0.15, 0.2) is 60.7 Å². The van der Waals surface area contributed by atoms with E-state index in [9.17, 15) is 9.59 Å². The summed E-state index contributed by atoms with van der Waals surface area (Å²) in [4.78, 5) is 23.5. The van der Waals surface area contributed by atoms with Crippen LogP contribution in [0.2, 0.25) is 0 Å². The van der Waals surface area contributed by atoms with Crippen molar-refractivity contribution in [1.82, 2.24) is 10.6 Å². The van der Waals surface area contributed by atoms with E-state index in [0.717, 1.165) is 5.56 Å². The lowest BCUT2D eigenvalue weighted by Crippen LogP contribution is -2.39. The number of hydrogen-bond acceptors (Lipinski definition) is 3. The number of carbonyl (C=O) groups is 2. The van der Waals surface area contributed by atoms with Crippen LogP contribution in [0, 0.1) is 0 Å². The van der Waals surface area contributed by atoms with Crippen molar-refractivity contribution in [2.45, 2.75) is 13.0 Å². The Hall–Kier alpha value is -2.82. The topological polar surface area (TPSA) is 67.4 Å². The van der Waals surface area contributed by atoms with E-state index in [0.29, 0.717) is 5.75 Å². The average Bonchev–Trinajstić information content (AvgIpc) is 2.60. The van der Waals surface area contributed by atoms with Gasteiger partial charge in [-0.2, -0.15) is 0 Å². The van der Waals surface area contributed by atoms with Crippen LogP contribution in [0.25, 0.3) is 0 Å². The van der Waals surface area contributed by atoms with Crippen molar-refractivity contribution in [1.29, 1.82) is 0 Å². The van der Waals surface area contributed by atoms with Gasteiger partial charge in [0.2, 0.25) is 5.91 Å². The van der Waals surface area contributed by atoms with Gasteiger partial charge in [-0.1, -0.05) is 48.5 Å². The zero-order chi connectivity index (χ0) is 16.5. The second kappa shape index (κ2) is 8.58. The van der Waals surface area contributed by atoms with E-state index in [1.165, 1.54) is 0 Å². The number of para-hydroxylation sites is 1. The van der Waals surface area contributed by atoms with E-state index in [-0.39, 0.29) is 31.0 Å². The molecule has 120 valence electrons. The predicted octanol–water partition coefficient (Wildman–Crippen LogP) is 2.06. The molecular formula is C18H20N2O3. The number of ether oxygens (including phenoxy) is 1. The summed E-state index contributed by atoms with van der Waals surface area (Å²) >= 11 is 0. The smallest absolute Gasteiger partial charge is 0.258 e. The summed E-state index contributed by atoms with van der Waals surface area (Å²) in [6, 6.07) is 18.6. The zero-order valence-electron chi connectivity index (χ0n) is 13.0. The van der Waals surface area contributed by atoms with Gasteiger partial charge >= 0.3 is 0 Å². The third kappa shape index (κ3) is 5.82. The molecule has 0 spiro atoms.